The number of nitrogens with zero attached hydrogens (tertiary/aromatic N) is 6. The summed E-state index contributed by atoms with van der Waals surface area (Å²) in [5.41, 5.74) is 3.41. The van der Waals surface area contributed by atoms with Gasteiger partial charge in [-0.1, -0.05) is 36.4 Å². The lowest BCUT2D eigenvalue weighted by atomic mass is 10.1. The summed E-state index contributed by atoms with van der Waals surface area (Å²) in [4.78, 5) is 22.8. The maximum Gasteiger partial charge on any atom is 0.251 e. The standard InChI is InChI=1S/C22H25FN4O2.C20H19F3N4/c1-28-19-12-17-18(13-20(19)29-2)25-22(27-10-4-3-5-11-27)26-21(17)24-14-15-6-8-16(23)9-7-15;21-15-7-5-14(6-8-15)13-24-19-25-17-4-2-1-3-16(17)18(26-19)27-11-9-20(22,23)10-12-27/h6-9,12-13H,3-5,10-11,14H2,1-2H3,(H,24,25,26);1-8H,9-13H2,(H,24,25,26). The molecule has 2 saturated heterocycles. The van der Waals surface area contributed by atoms with Crippen molar-refractivity contribution in [1.29, 1.82) is 0 Å². The van der Waals surface area contributed by atoms with Crippen molar-refractivity contribution in [2.75, 3.05) is 60.8 Å². The van der Waals surface area contributed by atoms with Gasteiger partial charge in [0.25, 0.3) is 5.92 Å². The van der Waals surface area contributed by atoms with Crippen LogP contribution in [0.1, 0.15) is 43.2 Å². The van der Waals surface area contributed by atoms with Gasteiger partial charge in [-0.15, -0.1) is 0 Å². The van der Waals surface area contributed by atoms with Crippen LogP contribution in [0.5, 0.6) is 11.5 Å². The summed E-state index contributed by atoms with van der Waals surface area (Å²) >= 11 is 0. The third kappa shape index (κ3) is 9.29. The smallest absolute Gasteiger partial charge is 0.251 e. The maximum atomic E-state index is 13.5. The Labute approximate surface area is 322 Å². The quantitative estimate of drug-likeness (QED) is 0.131. The molecule has 0 atom stereocenters. The second-order valence-electron chi connectivity index (χ2n) is 13.8. The van der Waals surface area contributed by atoms with Gasteiger partial charge < -0.3 is 29.9 Å². The number of alkyl halides is 2. The fourth-order valence-electron chi connectivity index (χ4n) is 6.81. The topological polar surface area (TPSA) is 101 Å². The molecule has 292 valence electrons. The molecule has 0 aliphatic carbocycles. The number of hydrogen-bond acceptors (Lipinski definition) is 10. The van der Waals surface area contributed by atoms with Gasteiger partial charge in [0.2, 0.25) is 11.9 Å². The average Bonchev–Trinajstić information content (AvgIpc) is 3.23. The molecule has 2 aliphatic rings. The highest BCUT2D eigenvalue weighted by atomic mass is 19.3. The van der Waals surface area contributed by atoms with Crippen molar-refractivity contribution in [3.05, 3.63) is 108 Å². The molecule has 0 radical (unpaired) electrons. The SMILES string of the molecule is COc1cc2nc(N3CCCCC3)nc(NCc3ccc(F)cc3)c2cc1OC.Fc1ccc(CNc2nc(N3CCC(F)(F)CC3)c3ccccc3n2)cc1. The predicted octanol–water partition coefficient (Wildman–Crippen LogP) is 9.01. The Hall–Kier alpha value is -5.92. The lowest BCUT2D eigenvalue weighted by molar-refractivity contribution is -0.0221. The van der Waals surface area contributed by atoms with Crippen LogP contribution in [0.4, 0.5) is 41.1 Å². The van der Waals surface area contributed by atoms with E-state index in [0.717, 1.165) is 64.7 Å². The number of piperidine rings is 2. The molecule has 14 heteroatoms. The molecule has 0 amide bonds. The molecule has 0 spiro atoms. The maximum absolute atomic E-state index is 13.5. The fourth-order valence-corrected chi connectivity index (χ4v) is 6.81. The summed E-state index contributed by atoms with van der Waals surface area (Å²) in [6, 6.07) is 24.0. The van der Waals surface area contributed by atoms with Crippen molar-refractivity contribution in [1.82, 2.24) is 19.9 Å². The summed E-state index contributed by atoms with van der Waals surface area (Å²) in [6.45, 7) is 3.39. The number of hydrogen-bond donors (Lipinski definition) is 2. The number of halogens is 4. The zero-order valence-corrected chi connectivity index (χ0v) is 31.4. The van der Waals surface area contributed by atoms with E-state index in [1.807, 2.05) is 41.3 Å². The molecule has 8 rings (SSSR count). The molecule has 6 aromatic rings. The van der Waals surface area contributed by atoms with E-state index in [1.165, 1.54) is 30.7 Å². The highest BCUT2D eigenvalue weighted by Crippen LogP contribution is 2.36. The van der Waals surface area contributed by atoms with Crippen LogP contribution in [0.3, 0.4) is 0 Å². The molecule has 0 bridgehead atoms. The van der Waals surface area contributed by atoms with Gasteiger partial charge in [-0.25, -0.2) is 27.5 Å². The molecule has 10 nitrogen and oxygen atoms in total. The molecule has 56 heavy (non-hydrogen) atoms. The van der Waals surface area contributed by atoms with Gasteiger partial charge in [0.05, 0.1) is 25.3 Å². The molecular weight excluding hydrogens is 725 g/mol. The number of para-hydroxylation sites is 1. The van der Waals surface area contributed by atoms with E-state index in [1.54, 1.807) is 38.5 Å². The number of aromatic nitrogens is 4. The first-order valence-corrected chi connectivity index (χ1v) is 18.7. The van der Waals surface area contributed by atoms with Gasteiger partial charge in [-0.2, -0.15) is 9.97 Å². The van der Waals surface area contributed by atoms with Gasteiger partial charge in [-0.3, -0.25) is 0 Å². The molecule has 0 saturated carbocycles. The van der Waals surface area contributed by atoms with E-state index in [2.05, 4.69) is 25.5 Å². The molecule has 2 aromatic heterocycles. The van der Waals surface area contributed by atoms with Crippen molar-refractivity contribution in [2.24, 2.45) is 0 Å². The summed E-state index contributed by atoms with van der Waals surface area (Å²) in [6.07, 6.45) is 3.18. The van der Waals surface area contributed by atoms with Crippen LogP contribution in [0, 0.1) is 11.6 Å². The highest BCUT2D eigenvalue weighted by Gasteiger charge is 2.35. The van der Waals surface area contributed by atoms with Crippen LogP contribution >= 0.6 is 0 Å². The van der Waals surface area contributed by atoms with Crippen LogP contribution in [-0.2, 0) is 13.1 Å². The van der Waals surface area contributed by atoms with E-state index in [-0.39, 0.29) is 37.6 Å². The van der Waals surface area contributed by atoms with E-state index in [9.17, 15) is 17.6 Å². The Kier molecular flexibility index (Phi) is 11.8. The van der Waals surface area contributed by atoms with Gasteiger partial charge in [0.15, 0.2) is 11.5 Å². The van der Waals surface area contributed by atoms with Crippen molar-refractivity contribution in [3.63, 3.8) is 0 Å². The molecule has 0 unspecified atom stereocenters. The van der Waals surface area contributed by atoms with E-state index in [0.29, 0.717) is 42.3 Å². The summed E-state index contributed by atoms with van der Waals surface area (Å²) in [7, 11) is 3.22. The minimum absolute atomic E-state index is 0.177. The third-order valence-electron chi connectivity index (χ3n) is 9.94. The molecule has 4 heterocycles. The van der Waals surface area contributed by atoms with Crippen molar-refractivity contribution in [3.8, 4) is 11.5 Å². The summed E-state index contributed by atoms with van der Waals surface area (Å²) in [5.74, 6) is 0.639. The van der Waals surface area contributed by atoms with Crippen LogP contribution in [0.15, 0.2) is 84.9 Å². The fraction of sp³-hybridized carbons (Fsp3) is 0.333. The average molecular weight is 769 g/mol. The van der Waals surface area contributed by atoms with Crippen LogP contribution in [0.25, 0.3) is 21.8 Å². The molecule has 4 aromatic carbocycles. The monoisotopic (exact) mass is 768 g/mol. The number of rotatable bonds is 10. The van der Waals surface area contributed by atoms with Gasteiger partial charge in [-0.05, 0) is 72.9 Å². The highest BCUT2D eigenvalue weighted by molar-refractivity contribution is 5.93. The largest absolute Gasteiger partial charge is 0.493 e. The molecule has 2 aliphatic heterocycles. The third-order valence-corrected chi connectivity index (χ3v) is 9.94. The van der Waals surface area contributed by atoms with Gasteiger partial charge in [0, 0.05) is 68.9 Å². The first-order valence-electron chi connectivity index (χ1n) is 18.7. The number of anilines is 4. The van der Waals surface area contributed by atoms with Gasteiger partial charge >= 0.3 is 0 Å². The number of nitrogens with one attached hydrogen (secondary N) is 2. The summed E-state index contributed by atoms with van der Waals surface area (Å²) in [5, 5.41) is 8.24. The Balaban J connectivity index is 0.000000172. The predicted molar refractivity (Wildman–Crippen MR) is 212 cm³/mol. The van der Waals surface area contributed by atoms with Crippen LogP contribution in [-0.4, -0.2) is 66.3 Å². The molecule has 2 N–H and O–H groups in total. The Morgan fingerprint density at radius 3 is 1.88 bits per heavy atom. The lowest BCUT2D eigenvalue weighted by Crippen LogP contribution is -2.40. The van der Waals surface area contributed by atoms with E-state index in [4.69, 9.17) is 19.4 Å². The Bertz CT molecular complexity index is 2240. The first-order chi connectivity index (χ1) is 27.2. The second-order valence-corrected chi connectivity index (χ2v) is 13.8. The number of methoxy groups -OCH3 is 2. The van der Waals surface area contributed by atoms with E-state index < -0.39 is 5.92 Å². The van der Waals surface area contributed by atoms with Gasteiger partial charge in [0.1, 0.15) is 23.3 Å². The lowest BCUT2D eigenvalue weighted by Gasteiger charge is -2.33. The first kappa shape index (κ1) is 38.4. The summed E-state index contributed by atoms with van der Waals surface area (Å²) < 4.78 is 64.2. The molecular formula is C42H44F4N8O2. The number of fused-ring (bicyclic) bond motifs is 2. The van der Waals surface area contributed by atoms with Crippen LogP contribution in [0.2, 0.25) is 0 Å². The zero-order chi connectivity index (χ0) is 39.1. The number of ether oxygens (including phenoxy) is 2. The Morgan fingerprint density at radius 1 is 0.625 bits per heavy atom. The van der Waals surface area contributed by atoms with Crippen molar-refractivity contribution in [2.45, 2.75) is 51.1 Å². The van der Waals surface area contributed by atoms with E-state index >= 15 is 0 Å². The molecule has 2 fully saturated rings. The zero-order valence-electron chi connectivity index (χ0n) is 31.4. The minimum Gasteiger partial charge on any atom is -0.493 e. The van der Waals surface area contributed by atoms with Crippen molar-refractivity contribution < 1.29 is 27.0 Å². The second kappa shape index (κ2) is 17.3. The normalized spacial score (nSPS) is 15.2. The van der Waals surface area contributed by atoms with Crippen LogP contribution < -0.4 is 29.9 Å². The number of benzene rings is 4. The van der Waals surface area contributed by atoms with Crippen molar-refractivity contribution >= 4 is 45.3 Å². The minimum atomic E-state index is -2.61. The Morgan fingerprint density at radius 2 is 1.23 bits per heavy atom.